The molecule has 0 saturated carbocycles. The van der Waals surface area contributed by atoms with E-state index < -0.39 is 0 Å². The van der Waals surface area contributed by atoms with Crippen LogP contribution in [0.1, 0.15) is 28.6 Å². The van der Waals surface area contributed by atoms with Crippen LogP contribution in [0.3, 0.4) is 0 Å². The number of nitrogens with zero attached hydrogens (tertiary/aromatic N) is 1. The normalized spacial score (nSPS) is 10.7. The minimum atomic E-state index is 0.00287. The van der Waals surface area contributed by atoms with Gasteiger partial charge < -0.3 is 10.6 Å². The van der Waals surface area contributed by atoms with E-state index in [0.717, 1.165) is 23.1 Å². The first-order valence-corrected chi connectivity index (χ1v) is 7.59. The second-order valence-electron chi connectivity index (χ2n) is 4.88. The van der Waals surface area contributed by atoms with Crippen LogP contribution in [-0.2, 0) is 0 Å². The average molecular weight is 288 g/mol. The Bertz CT molecular complexity index is 645. The topological polar surface area (TPSA) is 46.3 Å². The fourth-order valence-electron chi connectivity index (χ4n) is 2.23. The van der Waals surface area contributed by atoms with Crippen molar-refractivity contribution in [1.29, 1.82) is 0 Å². The van der Waals surface area contributed by atoms with Crippen LogP contribution in [-0.4, -0.2) is 23.9 Å². The summed E-state index contributed by atoms with van der Waals surface area (Å²) in [6.45, 7) is 9.08. The summed E-state index contributed by atoms with van der Waals surface area (Å²) in [5.41, 5.74) is 7.93. The van der Waals surface area contributed by atoms with E-state index in [1.54, 1.807) is 11.0 Å². The fourth-order valence-corrected chi connectivity index (χ4v) is 3.42. The van der Waals surface area contributed by atoms with E-state index >= 15 is 0 Å². The summed E-state index contributed by atoms with van der Waals surface area (Å²) in [6, 6.07) is 6.09. The van der Waals surface area contributed by atoms with Gasteiger partial charge in [-0.05, 0) is 25.0 Å². The molecule has 106 valence electrons. The first-order chi connectivity index (χ1) is 9.58. The van der Waals surface area contributed by atoms with Gasteiger partial charge in [0, 0.05) is 23.2 Å². The summed E-state index contributed by atoms with van der Waals surface area (Å²) in [5, 5.41) is 0.971. The van der Waals surface area contributed by atoms with Crippen LogP contribution >= 0.6 is 11.3 Å². The molecular formula is C16H20N2OS. The van der Waals surface area contributed by atoms with Crippen LogP contribution in [0.2, 0.25) is 0 Å². The zero-order chi connectivity index (χ0) is 14.7. The first kappa shape index (κ1) is 14.6. The highest BCUT2D eigenvalue weighted by Gasteiger charge is 2.20. The van der Waals surface area contributed by atoms with Crippen molar-refractivity contribution in [3.05, 3.63) is 41.3 Å². The predicted molar refractivity (Wildman–Crippen MR) is 87.4 cm³/mol. The van der Waals surface area contributed by atoms with Gasteiger partial charge in [-0.15, -0.1) is 17.9 Å². The Morgan fingerprint density at radius 3 is 2.90 bits per heavy atom. The molecule has 2 N–H and O–H groups in total. The van der Waals surface area contributed by atoms with Gasteiger partial charge in [0.2, 0.25) is 0 Å². The minimum absolute atomic E-state index is 0.00287. The number of hydrogen-bond donors (Lipinski definition) is 1. The van der Waals surface area contributed by atoms with Crippen LogP contribution in [0.25, 0.3) is 10.1 Å². The zero-order valence-electron chi connectivity index (χ0n) is 12.0. The summed E-state index contributed by atoms with van der Waals surface area (Å²) in [5.74, 6) is 0.00287. The highest BCUT2D eigenvalue weighted by atomic mass is 32.1. The molecule has 0 aliphatic carbocycles. The smallest absolute Gasteiger partial charge is 0.266 e. The molecule has 1 aromatic heterocycles. The third kappa shape index (κ3) is 2.70. The maximum atomic E-state index is 12.6. The molecule has 0 atom stereocenters. The molecule has 0 spiro atoms. The number of anilines is 1. The fraction of sp³-hybridized carbons (Fsp3) is 0.312. The summed E-state index contributed by atoms with van der Waals surface area (Å²) in [6.07, 6.45) is 2.67. The molecule has 2 rings (SSSR count). The van der Waals surface area contributed by atoms with Gasteiger partial charge in [-0.2, -0.15) is 0 Å². The Kier molecular flexibility index (Phi) is 4.45. The quantitative estimate of drug-likeness (QED) is 0.850. The van der Waals surface area contributed by atoms with Crippen molar-refractivity contribution in [2.75, 3.05) is 18.8 Å². The molecule has 0 radical (unpaired) electrons. The van der Waals surface area contributed by atoms with Crippen molar-refractivity contribution in [1.82, 2.24) is 4.90 Å². The molecule has 0 unspecified atom stereocenters. The van der Waals surface area contributed by atoms with Gasteiger partial charge in [0.25, 0.3) is 5.91 Å². The zero-order valence-corrected chi connectivity index (χ0v) is 12.8. The second-order valence-corrected chi connectivity index (χ2v) is 5.94. The summed E-state index contributed by atoms with van der Waals surface area (Å²) in [4.78, 5) is 15.0. The van der Waals surface area contributed by atoms with Crippen LogP contribution in [0.5, 0.6) is 0 Å². The number of aryl methyl sites for hydroxylation is 1. The maximum absolute atomic E-state index is 12.6. The molecule has 0 aliphatic heterocycles. The Morgan fingerprint density at radius 1 is 1.50 bits per heavy atom. The summed E-state index contributed by atoms with van der Waals surface area (Å²) in [7, 11) is 0. The van der Waals surface area contributed by atoms with Gasteiger partial charge in [0.15, 0.2) is 0 Å². The van der Waals surface area contributed by atoms with Gasteiger partial charge in [0.1, 0.15) is 4.88 Å². The lowest BCUT2D eigenvalue weighted by Crippen LogP contribution is -2.31. The molecule has 1 aromatic carbocycles. The van der Waals surface area contributed by atoms with E-state index in [0.29, 0.717) is 17.1 Å². The minimum Gasteiger partial charge on any atom is -0.397 e. The Hall–Kier alpha value is -1.81. The average Bonchev–Trinajstić information content (AvgIpc) is 2.74. The van der Waals surface area contributed by atoms with Crippen molar-refractivity contribution in [2.24, 2.45) is 0 Å². The molecule has 0 aliphatic rings. The molecule has 0 saturated heterocycles. The number of fused-ring (bicyclic) bond motifs is 1. The SMILES string of the molecule is C=CCN(CCC)C(=O)c1sc2cc(C)ccc2c1N. The van der Waals surface area contributed by atoms with E-state index in [-0.39, 0.29) is 5.91 Å². The van der Waals surface area contributed by atoms with Gasteiger partial charge in [-0.1, -0.05) is 25.1 Å². The molecule has 20 heavy (non-hydrogen) atoms. The molecule has 4 heteroatoms. The van der Waals surface area contributed by atoms with Crippen LogP contribution in [0.15, 0.2) is 30.9 Å². The van der Waals surface area contributed by atoms with E-state index in [4.69, 9.17) is 5.73 Å². The van der Waals surface area contributed by atoms with Gasteiger partial charge in [-0.3, -0.25) is 4.79 Å². The molecule has 3 nitrogen and oxygen atoms in total. The molecular weight excluding hydrogens is 268 g/mol. The number of carbonyl (C=O) groups is 1. The summed E-state index contributed by atoms with van der Waals surface area (Å²) < 4.78 is 1.07. The number of rotatable bonds is 5. The highest BCUT2D eigenvalue weighted by molar-refractivity contribution is 7.21. The molecule has 0 bridgehead atoms. The maximum Gasteiger partial charge on any atom is 0.266 e. The van der Waals surface area contributed by atoms with E-state index in [9.17, 15) is 4.79 Å². The van der Waals surface area contributed by atoms with Crippen molar-refractivity contribution in [3.63, 3.8) is 0 Å². The van der Waals surface area contributed by atoms with E-state index in [1.807, 2.05) is 19.1 Å². The Labute approximate surface area is 123 Å². The van der Waals surface area contributed by atoms with Crippen LogP contribution < -0.4 is 5.73 Å². The van der Waals surface area contributed by atoms with Crippen molar-refractivity contribution >= 4 is 33.0 Å². The van der Waals surface area contributed by atoms with Crippen molar-refractivity contribution in [3.8, 4) is 0 Å². The standard InChI is InChI=1S/C16H20N2OS/c1-4-8-18(9-5-2)16(19)15-14(17)12-7-6-11(3)10-13(12)20-15/h4,6-7,10H,1,5,8-9,17H2,2-3H3. The number of carbonyl (C=O) groups excluding carboxylic acids is 1. The Morgan fingerprint density at radius 2 is 2.25 bits per heavy atom. The number of thiophene rings is 1. The van der Waals surface area contributed by atoms with Crippen molar-refractivity contribution < 1.29 is 4.79 Å². The number of benzene rings is 1. The van der Waals surface area contributed by atoms with Crippen LogP contribution in [0.4, 0.5) is 5.69 Å². The van der Waals surface area contributed by atoms with Gasteiger partial charge in [-0.25, -0.2) is 0 Å². The number of nitrogen functional groups attached to an aromatic ring is 1. The predicted octanol–water partition coefficient (Wildman–Crippen LogP) is 3.83. The monoisotopic (exact) mass is 288 g/mol. The lowest BCUT2D eigenvalue weighted by Gasteiger charge is -2.19. The number of hydrogen-bond acceptors (Lipinski definition) is 3. The van der Waals surface area contributed by atoms with E-state index in [2.05, 4.69) is 19.6 Å². The third-order valence-corrected chi connectivity index (χ3v) is 4.36. The second kappa shape index (κ2) is 6.09. The van der Waals surface area contributed by atoms with Crippen molar-refractivity contribution in [2.45, 2.75) is 20.3 Å². The third-order valence-electron chi connectivity index (χ3n) is 3.21. The van der Waals surface area contributed by atoms with Crippen LogP contribution in [0, 0.1) is 6.92 Å². The number of nitrogens with two attached hydrogens (primary N) is 1. The highest BCUT2D eigenvalue weighted by Crippen LogP contribution is 2.35. The summed E-state index contributed by atoms with van der Waals surface area (Å²) >= 11 is 1.48. The lowest BCUT2D eigenvalue weighted by atomic mass is 10.1. The number of amides is 1. The first-order valence-electron chi connectivity index (χ1n) is 6.77. The molecule has 1 heterocycles. The Balaban J connectivity index is 2.43. The van der Waals surface area contributed by atoms with Gasteiger partial charge in [0.05, 0.1) is 5.69 Å². The lowest BCUT2D eigenvalue weighted by molar-refractivity contribution is 0.0780. The largest absolute Gasteiger partial charge is 0.397 e. The van der Waals surface area contributed by atoms with E-state index in [1.165, 1.54) is 16.9 Å². The molecule has 2 aromatic rings. The molecule has 0 fully saturated rings. The van der Waals surface area contributed by atoms with Gasteiger partial charge >= 0.3 is 0 Å². The molecule has 1 amide bonds.